The first-order valence-corrected chi connectivity index (χ1v) is 6.32. The summed E-state index contributed by atoms with van der Waals surface area (Å²) in [5.74, 6) is -1.97. The second-order valence-corrected chi connectivity index (χ2v) is 4.43. The molecule has 0 atom stereocenters. The molecule has 0 bridgehead atoms. The van der Waals surface area contributed by atoms with E-state index in [1.807, 2.05) is 0 Å². The van der Waals surface area contributed by atoms with Gasteiger partial charge in [0, 0.05) is 24.8 Å². The van der Waals surface area contributed by atoms with E-state index in [1.54, 1.807) is 24.3 Å². The van der Waals surface area contributed by atoms with Crippen molar-refractivity contribution in [2.24, 2.45) is 0 Å². The number of rotatable bonds is 4. The fourth-order valence-corrected chi connectivity index (χ4v) is 1.56. The normalized spacial score (nSPS) is 9.04. The van der Waals surface area contributed by atoms with Crippen LogP contribution in [0.25, 0.3) is 0 Å². The predicted molar refractivity (Wildman–Crippen MR) is 73.6 cm³/mol. The third-order valence-corrected chi connectivity index (χ3v) is 2.57. The van der Waals surface area contributed by atoms with Crippen LogP contribution in [0.4, 0.5) is 0 Å². The molecule has 2 aromatic rings. The summed E-state index contributed by atoms with van der Waals surface area (Å²) in [5.41, 5.74) is 1.26. The molecule has 2 rings (SSSR count). The van der Waals surface area contributed by atoms with Crippen molar-refractivity contribution in [3.63, 3.8) is 0 Å². The molecule has 0 saturated carbocycles. The van der Waals surface area contributed by atoms with Crippen LogP contribution in [-0.2, 0) is 41.9 Å². The summed E-state index contributed by atoms with van der Waals surface area (Å²) in [6, 6.07) is 12.0. The zero-order valence-corrected chi connectivity index (χ0v) is 15.2. The minimum atomic E-state index is -1.12. The topological polar surface area (TPSA) is 121 Å². The van der Waals surface area contributed by atoms with Crippen LogP contribution < -0.4 is 10.2 Å². The van der Waals surface area contributed by atoms with Gasteiger partial charge in [0.25, 0.3) is 0 Å². The summed E-state index contributed by atoms with van der Waals surface area (Å²) in [6.45, 7) is 0. The second kappa shape index (κ2) is 10.3. The standard InChI is InChI=1S/2C8H8O3.Zn/c2*9-7-3-1-6(2-4-7)5-8(10)11;/h2*1-4,9H,5H2,(H,10,11);/q;;+2/p-2. The van der Waals surface area contributed by atoms with Gasteiger partial charge in [-0.25, -0.2) is 0 Å². The van der Waals surface area contributed by atoms with Crippen molar-refractivity contribution in [2.45, 2.75) is 12.8 Å². The predicted octanol–water partition coefficient (Wildman–Crippen LogP) is -0.633. The summed E-state index contributed by atoms with van der Waals surface area (Å²) >= 11 is 0. The van der Waals surface area contributed by atoms with Crippen LogP contribution in [-0.4, -0.2) is 22.2 Å². The van der Waals surface area contributed by atoms with Gasteiger partial charge < -0.3 is 30.0 Å². The zero-order chi connectivity index (χ0) is 16.5. The van der Waals surface area contributed by atoms with Gasteiger partial charge in [0.05, 0.1) is 0 Å². The Morgan fingerprint density at radius 3 is 1.17 bits per heavy atom. The Morgan fingerprint density at radius 1 is 0.696 bits per heavy atom. The maximum Gasteiger partial charge on any atom is 2.00 e. The van der Waals surface area contributed by atoms with Gasteiger partial charge in [0.1, 0.15) is 11.5 Å². The summed E-state index contributed by atoms with van der Waals surface area (Å²) in [5, 5.41) is 37.8. The third-order valence-electron chi connectivity index (χ3n) is 2.57. The molecule has 0 aliphatic carbocycles. The van der Waals surface area contributed by atoms with Gasteiger partial charge in [-0.2, -0.15) is 0 Å². The molecule has 0 aliphatic rings. The first kappa shape index (κ1) is 20.6. The average molecular weight is 368 g/mol. The van der Waals surface area contributed by atoms with E-state index in [0.717, 1.165) is 0 Å². The number of carboxylic acids is 2. The van der Waals surface area contributed by atoms with Gasteiger partial charge in [-0.05, 0) is 35.4 Å². The molecule has 2 aromatic carbocycles. The van der Waals surface area contributed by atoms with Gasteiger partial charge in [0.15, 0.2) is 0 Å². The fourth-order valence-electron chi connectivity index (χ4n) is 1.56. The minimum absolute atomic E-state index is 0. The van der Waals surface area contributed by atoms with E-state index in [4.69, 9.17) is 10.2 Å². The molecule has 0 unspecified atom stereocenters. The average Bonchev–Trinajstić information content (AvgIpc) is 2.44. The number of aromatic hydroxyl groups is 2. The molecule has 0 aromatic heterocycles. The SMILES string of the molecule is O=C([O-])Cc1ccc(O)cc1.O=C([O-])Cc1ccc(O)cc1.[Zn+2]. The number of phenolic OH excluding ortho intramolecular Hbond substituents is 2. The van der Waals surface area contributed by atoms with Gasteiger partial charge in [0.2, 0.25) is 0 Å². The Hall–Kier alpha value is -2.40. The van der Waals surface area contributed by atoms with E-state index < -0.39 is 11.9 Å². The summed E-state index contributed by atoms with van der Waals surface area (Å²) < 4.78 is 0. The Kier molecular flexibility index (Phi) is 9.27. The Morgan fingerprint density at radius 2 is 0.957 bits per heavy atom. The first-order chi connectivity index (χ1) is 10.4. The van der Waals surface area contributed by atoms with Crippen molar-refractivity contribution in [2.75, 3.05) is 0 Å². The van der Waals surface area contributed by atoms with E-state index >= 15 is 0 Å². The van der Waals surface area contributed by atoms with Crippen LogP contribution in [0.15, 0.2) is 48.5 Å². The number of hydrogen-bond donors (Lipinski definition) is 2. The molecule has 0 amide bonds. The Bertz CT molecular complexity index is 565. The molecule has 2 N–H and O–H groups in total. The van der Waals surface area contributed by atoms with Crippen LogP contribution in [0.3, 0.4) is 0 Å². The molecule has 0 aliphatic heterocycles. The number of phenols is 2. The van der Waals surface area contributed by atoms with Crippen molar-refractivity contribution in [3.8, 4) is 11.5 Å². The van der Waals surface area contributed by atoms with Gasteiger partial charge in [-0.1, -0.05) is 24.3 Å². The number of carboxylic acid groups (broad SMARTS) is 2. The van der Waals surface area contributed by atoms with Crippen LogP contribution >= 0.6 is 0 Å². The van der Waals surface area contributed by atoms with Gasteiger partial charge in [-0.3, -0.25) is 0 Å². The van der Waals surface area contributed by atoms with Gasteiger partial charge in [-0.15, -0.1) is 0 Å². The van der Waals surface area contributed by atoms with Gasteiger partial charge >= 0.3 is 19.5 Å². The number of carbonyl (C=O) groups excluding carboxylic acids is 2. The van der Waals surface area contributed by atoms with E-state index in [-0.39, 0.29) is 43.8 Å². The van der Waals surface area contributed by atoms with Crippen molar-refractivity contribution < 1.29 is 49.5 Å². The summed E-state index contributed by atoms with van der Waals surface area (Å²) in [6.07, 6.45) is -0.222. The number of benzene rings is 2. The minimum Gasteiger partial charge on any atom is -0.550 e. The van der Waals surface area contributed by atoms with Crippen molar-refractivity contribution in [3.05, 3.63) is 59.7 Å². The Labute approximate surface area is 145 Å². The van der Waals surface area contributed by atoms with Crippen LogP contribution in [0, 0.1) is 0 Å². The number of aliphatic carboxylic acids is 2. The van der Waals surface area contributed by atoms with Crippen LogP contribution in [0.2, 0.25) is 0 Å². The Balaban J connectivity index is 0.000000403. The van der Waals surface area contributed by atoms with Crippen molar-refractivity contribution in [1.82, 2.24) is 0 Å². The summed E-state index contributed by atoms with van der Waals surface area (Å²) in [7, 11) is 0. The maximum absolute atomic E-state index is 10.1. The fraction of sp³-hybridized carbons (Fsp3) is 0.125. The van der Waals surface area contributed by atoms with E-state index in [2.05, 4.69) is 0 Å². The molecule has 0 spiro atoms. The summed E-state index contributed by atoms with van der Waals surface area (Å²) in [4.78, 5) is 20.2. The van der Waals surface area contributed by atoms with E-state index in [0.29, 0.717) is 11.1 Å². The number of hydrogen-bond acceptors (Lipinski definition) is 6. The third kappa shape index (κ3) is 9.27. The molecule has 6 nitrogen and oxygen atoms in total. The maximum atomic E-state index is 10.1. The molecule has 23 heavy (non-hydrogen) atoms. The zero-order valence-electron chi connectivity index (χ0n) is 12.3. The molecule has 0 heterocycles. The molecule has 116 valence electrons. The van der Waals surface area contributed by atoms with Crippen molar-refractivity contribution >= 4 is 11.9 Å². The van der Waals surface area contributed by atoms with Crippen LogP contribution in [0.5, 0.6) is 11.5 Å². The molecular weight excluding hydrogens is 354 g/mol. The molecule has 7 heteroatoms. The molecule has 0 fully saturated rings. The molecular formula is C16H14O6Zn. The van der Waals surface area contributed by atoms with Crippen molar-refractivity contribution in [1.29, 1.82) is 0 Å². The van der Waals surface area contributed by atoms with E-state index in [9.17, 15) is 19.8 Å². The molecule has 0 radical (unpaired) electrons. The number of carbonyl (C=O) groups is 2. The smallest absolute Gasteiger partial charge is 0.550 e. The second-order valence-electron chi connectivity index (χ2n) is 4.43. The quantitative estimate of drug-likeness (QED) is 0.694. The monoisotopic (exact) mass is 366 g/mol. The van der Waals surface area contributed by atoms with E-state index in [1.165, 1.54) is 24.3 Å². The largest absolute Gasteiger partial charge is 2.00 e. The first-order valence-electron chi connectivity index (χ1n) is 6.32. The molecule has 0 saturated heterocycles. The van der Waals surface area contributed by atoms with Crippen LogP contribution in [0.1, 0.15) is 11.1 Å².